The van der Waals surface area contributed by atoms with E-state index in [1.165, 1.54) is 12.8 Å². The van der Waals surface area contributed by atoms with Crippen LogP contribution in [0.5, 0.6) is 0 Å². The predicted octanol–water partition coefficient (Wildman–Crippen LogP) is 1.76. The van der Waals surface area contributed by atoms with Gasteiger partial charge in [-0.15, -0.1) is 0 Å². The van der Waals surface area contributed by atoms with Crippen LogP contribution in [0.15, 0.2) is 17.2 Å². The first kappa shape index (κ1) is 12.4. The van der Waals surface area contributed by atoms with Crippen molar-refractivity contribution in [2.24, 2.45) is 0 Å². The van der Waals surface area contributed by atoms with Crippen LogP contribution < -0.4 is 11.0 Å². The van der Waals surface area contributed by atoms with E-state index in [9.17, 15) is 4.79 Å². The van der Waals surface area contributed by atoms with Crippen LogP contribution in [0.3, 0.4) is 0 Å². The average molecular weight is 237 g/mol. The van der Waals surface area contributed by atoms with E-state index < -0.39 is 0 Å². The zero-order valence-corrected chi connectivity index (χ0v) is 10.9. The SMILES string of the molecule is CCCNC(C)CCn1ccn(C2CC2)c1=O. The van der Waals surface area contributed by atoms with Crippen molar-refractivity contribution < 1.29 is 0 Å². The summed E-state index contributed by atoms with van der Waals surface area (Å²) in [6, 6.07) is 0.963. The Hall–Kier alpha value is -1.03. The normalized spacial score (nSPS) is 17.3. The second-order valence-corrected chi connectivity index (χ2v) is 5.06. The molecule has 0 aliphatic heterocycles. The van der Waals surface area contributed by atoms with E-state index in [0.717, 1.165) is 25.9 Å². The van der Waals surface area contributed by atoms with Gasteiger partial charge in [0.1, 0.15) is 0 Å². The molecule has 1 N–H and O–H groups in total. The fraction of sp³-hybridized carbons (Fsp3) is 0.769. The van der Waals surface area contributed by atoms with E-state index in [4.69, 9.17) is 0 Å². The van der Waals surface area contributed by atoms with Gasteiger partial charge < -0.3 is 5.32 Å². The second-order valence-electron chi connectivity index (χ2n) is 5.06. The van der Waals surface area contributed by atoms with Crippen LogP contribution >= 0.6 is 0 Å². The third-order valence-corrected chi connectivity index (χ3v) is 3.36. The van der Waals surface area contributed by atoms with Gasteiger partial charge >= 0.3 is 5.69 Å². The van der Waals surface area contributed by atoms with Crippen LogP contribution in [0.25, 0.3) is 0 Å². The van der Waals surface area contributed by atoms with Crippen molar-refractivity contribution in [2.75, 3.05) is 6.54 Å². The summed E-state index contributed by atoms with van der Waals surface area (Å²) in [7, 11) is 0. The Balaban J connectivity index is 1.84. The van der Waals surface area contributed by atoms with Gasteiger partial charge in [0.15, 0.2) is 0 Å². The van der Waals surface area contributed by atoms with Crippen molar-refractivity contribution in [3.63, 3.8) is 0 Å². The summed E-state index contributed by atoms with van der Waals surface area (Å²) in [5.41, 5.74) is 0.162. The standard InChI is InChI=1S/C13H23N3O/c1-3-7-14-11(2)6-8-15-9-10-16(13(15)17)12-4-5-12/h9-12,14H,3-8H2,1-2H3. The van der Waals surface area contributed by atoms with E-state index in [2.05, 4.69) is 19.2 Å². The molecule has 1 aliphatic rings. The number of aromatic nitrogens is 2. The van der Waals surface area contributed by atoms with Gasteiger partial charge in [-0.05, 0) is 39.2 Å². The summed E-state index contributed by atoms with van der Waals surface area (Å²) in [4.78, 5) is 12.0. The maximum atomic E-state index is 12.0. The van der Waals surface area contributed by atoms with Gasteiger partial charge in [-0.1, -0.05) is 6.92 Å². The summed E-state index contributed by atoms with van der Waals surface area (Å²) in [6.07, 6.45) is 8.35. The number of rotatable bonds is 7. The van der Waals surface area contributed by atoms with Gasteiger partial charge in [0.2, 0.25) is 0 Å². The molecule has 0 saturated heterocycles. The highest BCUT2D eigenvalue weighted by Crippen LogP contribution is 2.33. The van der Waals surface area contributed by atoms with Gasteiger partial charge in [-0.3, -0.25) is 9.13 Å². The van der Waals surface area contributed by atoms with Crippen LogP contribution in [0, 0.1) is 0 Å². The summed E-state index contributed by atoms with van der Waals surface area (Å²) in [5.74, 6) is 0. The van der Waals surface area contributed by atoms with Crippen molar-refractivity contribution in [1.82, 2.24) is 14.5 Å². The Morgan fingerprint density at radius 1 is 1.47 bits per heavy atom. The second kappa shape index (κ2) is 5.54. The highest BCUT2D eigenvalue weighted by Gasteiger charge is 2.25. The molecule has 1 saturated carbocycles. The number of imidazole rings is 1. The molecule has 2 rings (SSSR count). The molecule has 4 heteroatoms. The summed E-state index contributed by atoms with van der Waals surface area (Å²) in [6.45, 7) is 6.22. The molecule has 0 aromatic carbocycles. The lowest BCUT2D eigenvalue weighted by atomic mass is 10.2. The topological polar surface area (TPSA) is 39.0 Å². The van der Waals surface area contributed by atoms with Crippen molar-refractivity contribution in [3.05, 3.63) is 22.9 Å². The molecule has 1 unspecified atom stereocenters. The number of hydrogen-bond donors (Lipinski definition) is 1. The Kier molecular flexibility index (Phi) is 4.05. The molecule has 1 aromatic heterocycles. The van der Waals surface area contributed by atoms with Gasteiger partial charge in [0.25, 0.3) is 0 Å². The van der Waals surface area contributed by atoms with E-state index in [1.54, 1.807) is 0 Å². The van der Waals surface area contributed by atoms with E-state index in [1.807, 2.05) is 21.5 Å². The molecule has 0 amide bonds. The highest BCUT2D eigenvalue weighted by atomic mass is 16.1. The average Bonchev–Trinajstić information content (AvgIpc) is 3.09. The zero-order valence-electron chi connectivity index (χ0n) is 10.9. The summed E-state index contributed by atoms with van der Waals surface area (Å²) in [5, 5.41) is 3.44. The Bertz CT molecular complexity index is 403. The van der Waals surface area contributed by atoms with Crippen molar-refractivity contribution in [1.29, 1.82) is 0 Å². The highest BCUT2D eigenvalue weighted by molar-refractivity contribution is 4.91. The van der Waals surface area contributed by atoms with Gasteiger partial charge in [0, 0.05) is 31.0 Å². The van der Waals surface area contributed by atoms with E-state index in [-0.39, 0.29) is 5.69 Å². The molecule has 4 nitrogen and oxygen atoms in total. The molecule has 0 bridgehead atoms. The summed E-state index contributed by atoms with van der Waals surface area (Å²) >= 11 is 0. The molecule has 0 spiro atoms. The minimum absolute atomic E-state index is 0.162. The van der Waals surface area contributed by atoms with E-state index in [0.29, 0.717) is 12.1 Å². The maximum absolute atomic E-state index is 12.0. The summed E-state index contributed by atoms with van der Waals surface area (Å²) < 4.78 is 3.71. The molecule has 1 fully saturated rings. The van der Waals surface area contributed by atoms with Crippen molar-refractivity contribution >= 4 is 0 Å². The van der Waals surface area contributed by atoms with Crippen LogP contribution in [0.1, 0.15) is 45.6 Å². The monoisotopic (exact) mass is 237 g/mol. The molecule has 0 radical (unpaired) electrons. The fourth-order valence-corrected chi connectivity index (χ4v) is 2.05. The molecule has 1 atom stereocenters. The molecular weight excluding hydrogens is 214 g/mol. The molecule has 1 heterocycles. The molecule has 1 aliphatic carbocycles. The number of nitrogens with zero attached hydrogens (tertiary/aromatic N) is 2. The van der Waals surface area contributed by atoms with Crippen LogP contribution in [-0.4, -0.2) is 21.7 Å². The minimum Gasteiger partial charge on any atom is -0.314 e. The minimum atomic E-state index is 0.162. The zero-order chi connectivity index (χ0) is 12.3. The molecular formula is C13H23N3O. The third-order valence-electron chi connectivity index (χ3n) is 3.36. The molecule has 1 aromatic rings. The van der Waals surface area contributed by atoms with Gasteiger partial charge in [-0.25, -0.2) is 4.79 Å². The molecule has 17 heavy (non-hydrogen) atoms. The van der Waals surface area contributed by atoms with Crippen molar-refractivity contribution in [3.8, 4) is 0 Å². The number of nitrogens with one attached hydrogen (secondary N) is 1. The fourth-order valence-electron chi connectivity index (χ4n) is 2.05. The van der Waals surface area contributed by atoms with Gasteiger partial charge in [-0.2, -0.15) is 0 Å². The quantitative estimate of drug-likeness (QED) is 0.785. The van der Waals surface area contributed by atoms with Crippen molar-refractivity contribution in [2.45, 2.75) is 58.2 Å². The number of hydrogen-bond acceptors (Lipinski definition) is 2. The van der Waals surface area contributed by atoms with Crippen LogP contribution in [0.4, 0.5) is 0 Å². The largest absolute Gasteiger partial charge is 0.328 e. The lowest BCUT2D eigenvalue weighted by Crippen LogP contribution is -2.30. The maximum Gasteiger partial charge on any atom is 0.328 e. The Morgan fingerprint density at radius 3 is 2.88 bits per heavy atom. The smallest absolute Gasteiger partial charge is 0.314 e. The first-order chi connectivity index (χ1) is 8.22. The lowest BCUT2D eigenvalue weighted by molar-refractivity contribution is 0.468. The van der Waals surface area contributed by atoms with Crippen LogP contribution in [-0.2, 0) is 6.54 Å². The predicted molar refractivity (Wildman–Crippen MR) is 69.3 cm³/mol. The lowest BCUT2D eigenvalue weighted by Gasteiger charge is -2.12. The Labute approximate surface area is 103 Å². The first-order valence-electron chi connectivity index (χ1n) is 6.73. The first-order valence-corrected chi connectivity index (χ1v) is 6.73. The molecule has 96 valence electrons. The Morgan fingerprint density at radius 2 is 2.24 bits per heavy atom. The van der Waals surface area contributed by atoms with Gasteiger partial charge in [0.05, 0.1) is 0 Å². The van der Waals surface area contributed by atoms with Crippen LogP contribution in [0.2, 0.25) is 0 Å². The number of aryl methyl sites for hydroxylation is 1. The third kappa shape index (κ3) is 3.22. The van der Waals surface area contributed by atoms with E-state index >= 15 is 0 Å².